The maximum Gasteiger partial charge on any atom is 0.327 e. The molecule has 1 aliphatic heterocycles. The van der Waals surface area contributed by atoms with Gasteiger partial charge in [0.2, 0.25) is 0 Å². The van der Waals surface area contributed by atoms with E-state index in [0.29, 0.717) is 16.9 Å². The second-order valence-electron chi connectivity index (χ2n) is 4.94. The zero-order valence-electron chi connectivity index (χ0n) is 11.0. The largest absolute Gasteiger partial charge is 0.480 e. The van der Waals surface area contributed by atoms with Crippen molar-refractivity contribution in [2.24, 2.45) is 0 Å². The number of carboxylic acid groups (broad SMARTS) is 1. The fourth-order valence-electron chi connectivity index (χ4n) is 2.63. The molecule has 7 heteroatoms. The molecule has 2 fully saturated rings. The van der Waals surface area contributed by atoms with Gasteiger partial charge in [0.05, 0.1) is 5.88 Å². The normalized spacial score (nSPS) is 31.2. The number of carbonyl (C=O) groups is 2. The van der Waals surface area contributed by atoms with Crippen LogP contribution in [0.15, 0.2) is 0 Å². The third kappa shape index (κ3) is 3.51. The number of aliphatic carboxylic acids is 1. The van der Waals surface area contributed by atoms with Crippen LogP contribution in [0.25, 0.3) is 0 Å². The van der Waals surface area contributed by atoms with Crippen molar-refractivity contribution in [3.8, 4) is 0 Å². The summed E-state index contributed by atoms with van der Waals surface area (Å²) in [5.41, 5.74) is 0. The van der Waals surface area contributed by atoms with Crippen LogP contribution in [0.5, 0.6) is 0 Å². The lowest BCUT2D eigenvalue weighted by atomic mass is 9.95. The summed E-state index contributed by atoms with van der Waals surface area (Å²) < 4.78 is 0. The summed E-state index contributed by atoms with van der Waals surface area (Å²) in [5, 5.41) is 12.6. The molecule has 1 saturated heterocycles. The second kappa shape index (κ2) is 6.74. The van der Waals surface area contributed by atoms with E-state index in [2.05, 4.69) is 11.6 Å². The molecule has 5 nitrogen and oxygen atoms in total. The predicted molar refractivity (Wildman–Crippen MR) is 78.7 cm³/mol. The fraction of sp³-hybridized carbons (Fsp3) is 0.833. The van der Waals surface area contributed by atoms with Crippen molar-refractivity contribution < 1.29 is 14.7 Å². The van der Waals surface area contributed by atoms with Gasteiger partial charge in [-0.15, -0.1) is 11.8 Å². The van der Waals surface area contributed by atoms with Crippen molar-refractivity contribution in [2.75, 3.05) is 17.9 Å². The van der Waals surface area contributed by atoms with Gasteiger partial charge in [0, 0.05) is 17.0 Å². The molecule has 0 bridgehead atoms. The highest BCUT2D eigenvalue weighted by atomic mass is 32.2. The van der Waals surface area contributed by atoms with E-state index in [-0.39, 0.29) is 12.1 Å². The molecule has 0 radical (unpaired) electrons. The van der Waals surface area contributed by atoms with Crippen LogP contribution in [0.4, 0.5) is 4.79 Å². The van der Waals surface area contributed by atoms with Crippen molar-refractivity contribution in [3.63, 3.8) is 0 Å². The van der Waals surface area contributed by atoms with Crippen molar-refractivity contribution in [1.82, 2.24) is 10.2 Å². The van der Waals surface area contributed by atoms with Gasteiger partial charge in [0.25, 0.3) is 0 Å². The van der Waals surface area contributed by atoms with E-state index in [1.165, 1.54) is 23.1 Å². The van der Waals surface area contributed by atoms with Gasteiger partial charge in [-0.2, -0.15) is 11.8 Å². The average Bonchev–Trinajstić information content (AvgIpc) is 2.88. The first-order chi connectivity index (χ1) is 9.13. The summed E-state index contributed by atoms with van der Waals surface area (Å²) in [6.07, 6.45) is 6.55. The summed E-state index contributed by atoms with van der Waals surface area (Å²) in [4.78, 5) is 24.8. The van der Waals surface area contributed by atoms with E-state index in [9.17, 15) is 9.59 Å². The fourth-order valence-corrected chi connectivity index (χ4v) is 4.71. The maximum absolute atomic E-state index is 12.2. The predicted octanol–water partition coefficient (Wildman–Crippen LogP) is 1.83. The minimum absolute atomic E-state index is 0.177. The standard InChI is InChI=1S/C12H20N2O3S2/c1-18-10-5-3-2-4-8(10)13-12(17)14-7-19-6-9(14)11(15)16/h8-10H,2-7H2,1H3,(H,13,17)(H,15,16)/t8?,9-,10?/m0/s1. The molecule has 1 saturated carbocycles. The number of nitrogens with zero attached hydrogens (tertiary/aromatic N) is 1. The molecule has 2 unspecified atom stereocenters. The first-order valence-corrected chi connectivity index (χ1v) is 8.98. The van der Waals surface area contributed by atoms with Crippen molar-refractivity contribution >= 4 is 35.5 Å². The average molecular weight is 304 g/mol. The topological polar surface area (TPSA) is 69.6 Å². The van der Waals surface area contributed by atoms with Crippen LogP contribution >= 0.6 is 23.5 Å². The van der Waals surface area contributed by atoms with Crippen LogP contribution in [0, 0.1) is 0 Å². The maximum atomic E-state index is 12.2. The van der Waals surface area contributed by atoms with Crippen molar-refractivity contribution in [3.05, 3.63) is 0 Å². The highest BCUT2D eigenvalue weighted by Crippen LogP contribution is 2.28. The Hall–Kier alpha value is -0.560. The van der Waals surface area contributed by atoms with Crippen LogP contribution < -0.4 is 5.32 Å². The molecule has 0 spiro atoms. The SMILES string of the molecule is CSC1CCCCC1NC(=O)N1CSC[C@H]1C(=O)O. The van der Waals surface area contributed by atoms with Gasteiger partial charge in [-0.3, -0.25) is 0 Å². The molecule has 2 rings (SSSR count). The molecular formula is C12H20N2O3S2. The summed E-state index contributed by atoms with van der Waals surface area (Å²) in [6, 6.07) is -0.721. The van der Waals surface area contributed by atoms with Gasteiger partial charge >= 0.3 is 12.0 Å². The molecule has 1 heterocycles. The summed E-state index contributed by atoms with van der Waals surface area (Å²) in [6.45, 7) is 0. The number of carboxylic acids is 1. The lowest BCUT2D eigenvalue weighted by molar-refractivity contribution is -0.140. The number of rotatable bonds is 3. The molecule has 2 aliphatic rings. The van der Waals surface area contributed by atoms with Crippen molar-refractivity contribution in [2.45, 2.75) is 43.0 Å². The lowest BCUT2D eigenvalue weighted by Crippen LogP contribution is -2.52. The third-order valence-corrected chi connectivity index (χ3v) is 5.92. The Balaban J connectivity index is 1.94. The Labute approximate surface area is 121 Å². The number of urea groups is 1. The van der Waals surface area contributed by atoms with Crippen LogP contribution in [0.1, 0.15) is 25.7 Å². The Morgan fingerprint density at radius 2 is 2.11 bits per heavy atom. The van der Waals surface area contributed by atoms with E-state index >= 15 is 0 Å². The summed E-state index contributed by atoms with van der Waals surface area (Å²) in [7, 11) is 0. The number of hydrogen-bond acceptors (Lipinski definition) is 4. The minimum atomic E-state index is -0.912. The molecule has 108 valence electrons. The number of amides is 2. The second-order valence-corrected chi connectivity index (χ2v) is 7.01. The molecule has 0 aromatic heterocycles. The molecular weight excluding hydrogens is 284 g/mol. The molecule has 3 atom stereocenters. The third-order valence-electron chi connectivity index (χ3n) is 3.74. The van der Waals surface area contributed by atoms with E-state index < -0.39 is 12.0 Å². The quantitative estimate of drug-likeness (QED) is 0.832. The number of thioether (sulfide) groups is 2. The first kappa shape index (κ1) is 14.8. The number of carbonyl (C=O) groups excluding carboxylic acids is 1. The van der Waals surface area contributed by atoms with Crippen LogP contribution in [-0.4, -0.2) is 57.2 Å². The minimum Gasteiger partial charge on any atom is -0.480 e. The Morgan fingerprint density at radius 1 is 1.37 bits per heavy atom. The van der Waals surface area contributed by atoms with Crippen LogP contribution in [0.2, 0.25) is 0 Å². The van der Waals surface area contributed by atoms with E-state index in [1.807, 2.05) is 0 Å². The van der Waals surface area contributed by atoms with Gasteiger partial charge in [0.15, 0.2) is 0 Å². The van der Waals surface area contributed by atoms with Crippen LogP contribution in [-0.2, 0) is 4.79 Å². The number of nitrogens with one attached hydrogen (secondary N) is 1. The molecule has 1 aliphatic carbocycles. The van der Waals surface area contributed by atoms with Gasteiger partial charge in [-0.1, -0.05) is 12.8 Å². The smallest absolute Gasteiger partial charge is 0.327 e. The van der Waals surface area contributed by atoms with Gasteiger partial charge in [-0.05, 0) is 19.1 Å². The zero-order valence-corrected chi connectivity index (χ0v) is 12.6. The summed E-state index contributed by atoms with van der Waals surface area (Å²) >= 11 is 3.29. The molecule has 2 amide bonds. The van der Waals surface area contributed by atoms with E-state index in [0.717, 1.165) is 19.3 Å². The first-order valence-electron chi connectivity index (χ1n) is 6.54. The van der Waals surface area contributed by atoms with E-state index in [1.54, 1.807) is 11.8 Å². The molecule has 2 N–H and O–H groups in total. The van der Waals surface area contributed by atoms with Crippen LogP contribution in [0.3, 0.4) is 0 Å². The molecule has 0 aromatic carbocycles. The highest BCUT2D eigenvalue weighted by molar-refractivity contribution is 7.99. The van der Waals surface area contributed by atoms with Gasteiger partial charge in [-0.25, -0.2) is 9.59 Å². The number of hydrogen-bond donors (Lipinski definition) is 2. The molecule has 0 aromatic rings. The highest BCUT2D eigenvalue weighted by Gasteiger charge is 2.36. The lowest BCUT2D eigenvalue weighted by Gasteiger charge is -2.33. The molecule has 19 heavy (non-hydrogen) atoms. The van der Waals surface area contributed by atoms with Crippen molar-refractivity contribution in [1.29, 1.82) is 0 Å². The Kier molecular flexibility index (Phi) is 5.27. The zero-order chi connectivity index (χ0) is 13.8. The Bertz CT molecular complexity index is 354. The monoisotopic (exact) mass is 304 g/mol. The Morgan fingerprint density at radius 3 is 2.79 bits per heavy atom. The van der Waals surface area contributed by atoms with E-state index in [4.69, 9.17) is 5.11 Å². The summed E-state index contributed by atoms with van der Waals surface area (Å²) in [5.74, 6) is 0.0453. The van der Waals surface area contributed by atoms with Gasteiger partial charge in [0.1, 0.15) is 6.04 Å². The van der Waals surface area contributed by atoms with Gasteiger partial charge < -0.3 is 15.3 Å².